The van der Waals surface area contributed by atoms with Crippen molar-refractivity contribution >= 4 is 16.5 Å². The Kier molecular flexibility index (Phi) is 6.02. The summed E-state index contributed by atoms with van der Waals surface area (Å²) in [4.78, 5) is 8.65. The molecule has 120 valence electrons. The van der Waals surface area contributed by atoms with Crippen LogP contribution in [0.15, 0.2) is 0 Å². The smallest absolute Gasteiger partial charge is 0.185 e. The second-order valence-corrected chi connectivity index (χ2v) is 7.34. The van der Waals surface area contributed by atoms with Crippen molar-refractivity contribution < 1.29 is 4.74 Å². The summed E-state index contributed by atoms with van der Waals surface area (Å²) in [5.74, 6) is 0.521. The molecular formula is C16H29N3OS. The maximum atomic E-state index is 5.51. The van der Waals surface area contributed by atoms with Gasteiger partial charge in [-0.25, -0.2) is 4.98 Å². The van der Waals surface area contributed by atoms with Crippen LogP contribution in [0, 0.1) is 0 Å². The lowest BCUT2D eigenvalue weighted by Gasteiger charge is -2.22. The summed E-state index contributed by atoms with van der Waals surface area (Å²) in [5.41, 5.74) is 1.27. The van der Waals surface area contributed by atoms with E-state index in [4.69, 9.17) is 9.72 Å². The molecule has 1 aliphatic rings. The highest BCUT2D eigenvalue weighted by molar-refractivity contribution is 7.15. The van der Waals surface area contributed by atoms with Crippen molar-refractivity contribution in [3.63, 3.8) is 0 Å². The molecule has 1 aliphatic heterocycles. The van der Waals surface area contributed by atoms with E-state index in [0.717, 1.165) is 37.7 Å². The average Bonchev–Trinajstić information content (AvgIpc) is 3.12. The van der Waals surface area contributed by atoms with Crippen LogP contribution >= 0.6 is 11.3 Å². The van der Waals surface area contributed by atoms with Gasteiger partial charge in [0.1, 0.15) is 0 Å². The number of rotatable bonds is 7. The first-order chi connectivity index (χ1) is 10.0. The lowest BCUT2D eigenvalue weighted by molar-refractivity contribution is 0.193. The van der Waals surface area contributed by atoms with Crippen molar-refractivity contribution in [2.75, 3.05) is 25.2 Å². The molecule has 2 rings (SSSR count). The van der Waals surface area contributed by atoms with Crippen LogP contribution in [0.25, 0.3) is 0 Å². The molecule has 0 aromatic carbocycles. The van der Waals surface area contributed by atoms with E-state index in [9.17, 15) is 0 Å². The molecule has 0 radical (unpaired) electrons. The van der Waals surface area contributed by atoms with Crippen LogP contribution in [0.3, 0.4) is 0 Å². The highest BCUT2D eigenvalue weighted by Gasteiger charge is 2.25. The van der Waals surface area contributed by atoms with Crippen LogP contribution in [0.5, 0.6) is 0 Å². The Bertz CT molecular complexity index is 441. The summed E-state index contributed by atoms with van der Waals surface area (Å²) in [6.45, 7) is 11.5. The molecule has 2 atom stereocenters. The van der Waals surface area contributed by atoms with Gasteiger partial charge < -0.3 is 15.0 Å². The Balaban J connectivity index is 2.17. The third-order valence-electron chi connectivity index (χ3n) is 4.22. The Labute approximate surface area is 132 Å². The van der Waals surface area contributed by atoms with E-state index in [1.165, 1.54) is 10.6 Å². The number of aromatic nitrogens is 1. The number of nitrogens with zero attached hydrogens (tertiary/aromatic N) is 2. The lowest BCUT2D eigenvalue weighted by Crippen LogP contribution is -2.31. The summed E-state index contributed by atoms with van der Waals surface area (Å²) in [5, 5.41) is 4.67. The van der Waals surface area contributed by atoms with Crippen LogP contribution in [0.4, 0.5) is 5.13 Å². The van der Waals surface area contributed by atoms with Gasteiger partial charge in [0.05, 0.1) is 18.3 Å². The van der Waals surface area contributed by atoms with Crippen molar-refractivity contribution in [3.05, 3.63) is 10.6 Å². The summed E-state index contributed by atoms with van der Waals surface area (Å²) in [6, 6.07) is 0.980. The molecule has 5 heteroatoms. The largest absolute Gasteiger partial charge is 0.379 e. The number of nitrogens with one attached hydrogen (secondary N) is 1. The number of hydrogen-bond donors (Lipinski definition) is 1. The van der Waals surface area contributed by atoms with Gasteiger partial charge in [-0.05, 0) is 18.8 Å². The minimum Gasteiger partial charge on any atom is -0.379 e. The fourth-order valence-corrected chi connectivity index (χ4v) is 3.65. The lowest BCUT2D eigenvalue weighted by atomic mass is 10.0. The molecule has 21 heavy (non-hydrogen) atoms. The van der Waals surface area contributed by atoms with E-state index in [2.05, 4.69) is 45.0 Å². The van der Waals surface area contributed by atoms with Crippen LogP contribution in [0.1, 0.15) is 57.0 Å². The van der Waals surface area contributed by atoms with E-state index in [1.54, 1.807) is 0 Å². The summed E-state index contributed by atoms with van der Waals surface area (Å²) in [7, 11) is 2.15. The van der Waals surface area contributed by atoms with Crippen molar-refractivity contribution in [1.82, 2.24) is 10.3 Å². The standard InChI is InChI=1S/C16H29N3OS/c1-6-12(4)15-14(9-17-11(2)3)21-16(18-15)19(5)13-7-8-20-10-13/h11-13,17H,6-10H2,1-5H3. The number of thiazole rings is 1. The highest BCUT2D eigenvalue weighted by atomic mass is 32.1. The molecular weight excluding hydrogens is 282 g/mol. The molecule has 1 aromatic heterocycles. The van der Waals surface area contributed by atoms with Crippen molar-refractivity contribution in [2.24, 2.45) is 0 Å². The predicted molar refractivity (Wildman–Crippen MR) is 90.4 cm³/mol. The normalized spacial score (nSPS) is 20.2. The SMILES string of the molecule is CCC(C)c1nc(N(C)C2CCOC2)sc1CNC(C)C. The molecule has 2 heterocycles. The average molecular weight is 311 g/mol. The molecule has 2 unspecified atom stereocenters. The maximum Gasteiger partial charge on any atom is 0.185 e. The number of likely N-dealkylation sites (N-methyl/N-ethyl adjacent to an activating group) is 1. The van der Waals surface area contributed by atoms with Gasteiger partial charge in [0, 0.05) is 31.1 Å². The second kappa shape index (κ2) is 7.56. The molecule has 0 bridgehead atoms. The summed E-state index contributed by atoms with van der Waals surface area (Å²) >= 11 is 1.84. The minimum atomic E-state index is 0.479. The number of hydrogen-bond acceptors (Lipinski definition) is 5. The van der Waals surface area contributed by atoms with E-state index in [0.29, 0.717) is 18.0 Å². The van der Waals surface area contributed by atoms with E-state index in [-0.39, 0.29) is 0 Å². The zero-order valence-corrected chi connectivity index (χ0v) is 14.8. The first-order valence-electron chi connectivity index (χ1n) is 8.06. The fourth-order valence-electron chi connectivity index (χ4n) is 2.49. The Morgan fingerprint density at radius 2 is 2.19 bits per heavy atom. The van der Waals surface area contributed by atoms with Gasteiger partial charge in [0.2, 0.25) is 0 Å². The topological polar surface area (TPSA) is 37.4 Å². The minimum absolute atomic E-state index is 0.479. The molecule has 0 saturated carbocycles. The molecule has 1 saturated heterocycles. The van der Waals surface area contributed by atoms with Crippen LogP contribution < -0.4 is 10.2 Å². The van der Waals surface area contributed by atoms with Gasteiger partial charge in [-0.1, -0.05) is 27.7 Å². The zero-order chi connectivity index (χ0) is 15.4. The number of ether oxygens (including phenoxy) is 1. The third-order valence-corrected chi connectivity index (χ3v) is 5.38. The van der Waals surface area contributed by atoms with Crippen LogP contribution in [-0.4, -0.2) is 37.3 Å². The molecule has 4 nitrogen and oxygen atoms in total. The molecule has 1 N–H and O–H groups in total. The quantitative estimate of drug-likeness (QED) is 0.837. The Morgan fingerprint density at radius 1 is 1.43 bits per heavy atom. The first kappa shape index (κ1) is 16.7. The van der Waals surface area contributed by atoms with Crippen LogP contribution in [0.2, 0.25) is 0 Å². The third kappa shape index (κ3) is 4.18. The molecule has 0 aliphatic carbocycles. The van der Waals surface area contributed by atoms with Gasteiger partial charge in [-0.2, -0.15) is 0 Å². The van der Waals surface area contributed by atoms with Gasteiger partial charge in [0.15, 0.2) is 5.13 Å². The summed E-state index contributed by atoms with van der Waals surface area (Å²) in [6.07, 6.45) is 2.24. The first-order valence-corrected chi connectivity index (χ1v) is 8.88. The molecule has 0 amide bonds. The summed E-state index contributed by atoms with van der Waals surface area (Å²) < 4.78 is 5.51. The maximum absolute atomic E-state index is 5.51. The van der Waals surface area contributed by atoms with Crippen molar-refractivity contribution in [3.8, 4) is 0 Å². The van der Waals surface area contributed by atoms with E-state index < -0.39 is 0 Å². The molecule has 1 aromatic rings. The van der Waals surface area contributed by atoms with Crippen LogP contribution in [-0.2, 0) is 11.3 Å². The van der Waals surface area contributed by atoms with E-state index in [1.807, 2.05) is 11.3 Å². The molecule has 1 fully saturated rings. The Morgan fingerprint density at radius 3 is 2.76 bits per heavy atom. The monoisotopic (exact) mass is 311 g/mol. The van der Waals surface area contributed by atoms with Gasteiger partial charge in [-0.15, -0.1) is 11.3 Å². The van der Waals surface area contributed by atoms with Gasteiger partial charge in [-0.3, -0.25) is 0 Å². The zero-order valence-electron chi connectivity index (χ0n) is 14.0. The predicted octanol–water partition coefficient (Wildman–Crippen LogP) is 3.38. The van der Waals surface area contributed by atoms with E-state index >= 15 is 0 Å². The van der Waals surface area contributed by atoms with Crippen molar-refractivity contribution in [2.45, 2.75) is 65.1 Å². The second-order valence-electron chi connectivity index (χ2n) is 6.28. The van der Waals surface area contributed by atoms with Gasteiger partial charge in [0.25, 0.3) is 0 Å². The fraction of sp³-hybridized carbons (Fsp3) is 0.812. The Hall–Kier alpha value is -0.650. The van der Waals surface area contributed by atoms with Crippen molar-refractivity contribution in [1.29, 1.82) is 0 Å². The molecule has 0 spiro atoms. The van der Waals surface area contributed by atoms with Gasteiger partial charge >= 0.3 is 0 Å². The number of anilines is 1. The highest BCUT2D eigenvalue weighted by Crippen LogP contribution is 2.33.